The smallest absolute Gasteiger partial charge is 0.169 e. The lowest BCUT2D eigenvalue weighted by Gasteiger charge is -1.97. The fourth-order valence-electron chi connectivity index (χ4n) is 1.79. The van der Waals surface area contributed by atoms with E-state index in [2.05, 4.69) is 71.8 Å². The van der Waals surface area contributed by atoms with Gasteiger partial charge in [0.2, 0.25) is 0 Å². The van der Waals surface area contributed by atoms with E-state index in [1.165, 1.54) is 16.0 Å². The topological polar surface area (TPSA) is 29.9 Å². The van der Waals surface area contributed by atoms with Crippen LogP contribution in [0, 0.1) is 0 Å². The van der Waals surface area contributed by atoms with Gasteiger partial charge in [-0.25, -0.2) is 4.57 Å². The highest BCUT2D eigenvalue weighted by Gasteiger charge is 1.97. The molecule has 0 saturated carbocycles. The Bertz CT molecular complexity index is 530. The molecular formula is C16H19N2S+. The van der Waals surface area contributed by atoms with E-state index < -0.39 is 0 Å². The molecule has 0 atom stereocenters. The normalized spacial score (nSPS) is 11.1. The van der Waals surface area contributed by atoms with Crippen LogP contribution in [0.3, 0.4) is 0 Å². The molecule has 0 radical (unpaired) electrons. The third-order valence-electron chi connectivity index (χ3n) is 2.89. The summed E-state index contributed by atoms with van der Waals surface area (Å²) in [4.78, 5) is 1.29. The summed E-state index contributed by atoms with van der Waals surface area (Å²) in [7, 11) is 0. The maximum Gasteiger partial charge on any atom is 0.169 e. The molecule has 0 fully saturated rings. The van der Waals surface area contributed by atoms with Crippen LogP contribution in [0.2, 0.25) is 0 Å². The first-order valence-electron chi connectivity index (χ1n) is 6.33. The van der Waals surface area contributed by atoms with Crippen molar-refractivity contribution in [2.24, 2.45) is 5.73 Å². The Kier molecular flexibility index (Phi) is 5.19. The number of thioether (sulfide) groups is 1. The number of aromatic nitrogens is 1. The molecule has 3 heteroatoms. The van der Waals surface area contributed by atoms with Gasteiger partial charge >= 0.3 is 0 Å². The van der Waals surface area contributed by atoms with Gasteiger partial charge in [0.1, 0.15) is 0 Å². The van der Waals surface area contributed by atoms with Gasteiger partial charge in [-0.05, 0) is 29.5 Å². The molecule has 98 valence electrons. The predicted octanol–water partition coefficient (Wildman–Crippen LogP) is 2.83. The molecule has 2 rings (SSSR count). The number of hydrogen-bond acceptors (Lipinski definition) is 2. The zero-order valence-corrected chi connectivity index (χ0v) is 11.9. The number of nitrogens with two attached hydrogens (primary N) is 1. The molecule has 0 amide bonds. The number of pyridine rings is 1. The molecule has 0 aliphatic heterocycles. The van der Waals surface area contributed by atoms with Crippen molar-refractivity contribution in [1.29, 1.82) is 0 Å². The van der Waals surface area contributed by atoms with Crippen molar-refractivity contribution in [3.05, 3.63) is 59.9 Å². The standard InChI is InChI=1S/C16H19N2S/c1-19-16-6-4-14(5-7-16)2-3-15-8-11-18(12-9-15)13-10-17/h2-9,11-12H,10,13,17H2,1H3/q+1/b3-2+. The van der Waals surface area contributed by atoms with E-state index in [0.717, 1.165) is 6.54 Å². The minimum atomic E-state index is 0.668. The van der Waals surface area contributed by atoms with Crippen molar-refractivity contribution in [1.82, 2.24) is 0 Å². The van der Waals surface area contributed by atoms with E-state index in [0.29, 0.717) is 6.54 Å². The molecule has 0 bridgehead atoms. The van der Waals surface area contributed by atoms with E-state index in [9.17, 15) is 0 Å². The Morgan fingerprint density at radius 2 is 1.58 bits per heavy atom. The van der Waals surface area contributed by atoms with Gasteiger partial charge in [-0.15, -0.1) is 11.8 Å². The summed E-state index contributed by atoms with van der Waals surface area (Å²) in [5, 5.41) is 0. The Morgan fingerprint density at radius 3 is 2.11 bits per heavy atom. The molecule has 2 nitrogen and oxygen atoms in total. The zero-order chi connectivity index (χ0) is 13.5. The van der Waals surface area contributed by atoms with Crippen LogP contribution in [0.1, 0.15) is 11.1 Å². The Labute approximate surface area is 119 Å². The average molecular weight is 271 g/mol. The third kappa shape index (κ3) is 4.23. The first kappa shape index (κ1) is 13.8. The Morgan fingerprint density at radius 1 is 1.00 bits per heavy atom. The summed E-state index contributed by atoms with van der Waals surface area (Å²) >= 11 is 1.76. The van der Waals surface area contributed by atoms with Crippen LogP contribution < -0.4 is 10.3 Å². The molecule has 0 unspecified atom stereocenters. The van der Waals surface area contributed by atoms with Gasteiger partial charge in [0.05, 0.1) is 6.54 Å². The molecule has 0 aliphatic rings. The minimum absolute atomic E-state index is 0.668. The summed E-state index contributed by atoms with van der Waals surface area (Å²) in [6.45, 7) is 1.53. The van der Waals surface area contributed by atoms with Crippen molar-refractivity contribution in [2.75, 3.05) is 12.8 Å². The second kappa shape index (κ2) is 7.12. The number of benzene rings is 1. The lowest BCUT2D eigenvalue weighted by molar-refractivity contribution is -0.694. The first-order chi connectivity index (χ1) is 9.31. The van der Waals surface area contributed by atoms with E-state index in [1.807, 2.05) is 0 Å². The van der Waals surface area contributed by atoms with Crippen molar-refractivity contribution in [2.45, 2.75) is 11.4 Å². The van der Waals surface area contributed by atoms with Gasteiger partial charge in [0.15, 0.2) is 18.9 Å². The van der Waals surface area contributed by atoms with Gasteiger partial charge in [-0.3, -0.25) is 0 Å². The van der Waals surface area contributed by atoms with Crippen molar-refractivity contribution in [3.63, 3.8) is 0 Å². The summed E-state index contributed by atoms with van der Waals surface area (Å²) in [5.41, 5.74) is 7.94. The molecular weight excluding hydrogens is 252 g/mol. The fourth-order valence-corrected chi connectivity index (χ4v) is 2.19. The highest BCUT2D eigenvalue weighted by Crippen LogP contribution is 2.16. The highest BCUT2D eigenvalue weighted by molar-refractivity contribution is 7.98. The Balaban J connectivity index is 2.04. The van der Waals surface area contributed by atoms with E-state index in [4.69, 9.17) is 5.73 Å². The largest absolute Gasteiger partial charge is 0.325 e. The predicted molar refractivity (Wildman–Crippen MR) is 82.8 cm³/mol. The number of nitrogens with zero attached hydrogens (tertiary/aromatic N) is 1. The van der Waals surface area contributed by atoms with Gasteiger partial charge in [-0.1, -0.05) is 24.3 Å². The summed E-state index contributed by atoms with van der Waals surface area (Å²) in [6.07, 6.45) is 10.5. The summed E-state index contributed by atoms with van der Waals surface area (Å²) < 4.78 is 2.09. The second-order valence-corrected chi connectivity index (χ2v) is 5.14. The maximum absolute atomic E-state index is 5.52. The molecule has 1 heterocycles. The number of rotatable bonds is 5. The molecule has 2 N–H and O–H groups in total. The quantitative estimate of drug-likeness (QED) is 0.669. The molecule has 1 aromatic carbocycles. The summed E-state index contributed by atoms with van der Waals surface area (Å²) in [6, 6.07) is 12.8. The molecule has 0 saturated heterocycles. The molecule has 0 spiro atoms. The van der Waals surface area contributed by atoms with Crippen LogP contribution in [0.15, 0.2) is 53.7 Å². The highest BCUT2D eigenvalue weighted by atomic mass is 32.2. The molecule has 2 aromatic rings. The summed E-state index contributed by atoms with van der Waals surface area (Å²) in [5.74, 6) is 0. The van der Waals surface area contributed by atoms with E-state index >= 15 is 0 Å². The van der Waals surface area contributed by atoms with E-state index in [-0.39, 0.29) is 0 Å². The zero-order valence-electron chi connectivity index (χ0n) is 11.1. The third-order valence-corrected chi connectivity index (χ3v) is 3.63. The van der Waals surface area contributed by atoms with Gasteiger partial charge < -0.3 is 5.73 Å². The lowest BCUT2D eigenvalue weighted by Crippen LogP contribution is -2.36. The minimum Gasteiger partial charge on any atom is -0.325 e. The van der Waals surface area contributed by atoms with Crippen LogP contribution >= 0.6 is 11.8 Å². The second-order valence-electron chi connectivity index (χ2n) is 4.26. The van der Waals surface area contributed by atoms with Crippen LogP contribution in [0.25, 0.3) is 12.2 Å². The monoisotopic (exact) mass is 271 g/mol. The van der Waals surface area contributed by atoms with Crippen molar-refractivity contribution < 1.29 is 4.57 Å². The van der Waals surface area contributed by atoms with Crippen LogP contribution in [-0.4, -0.2) is 12.8 Å². The van der Waals surface area contributed by atoms with Gasteiger partial charge in [0.25, 0.3) is 0 Å². The van der Waals surface area contributed by atoms with Crippen LogP contribution in [-0.2, 0) is 6.54 Å². The lowest BCUT2D eigenvalue weighted by atomic mass is 10.1. The maximum atomic E-state index is 5.52. The van der Waals surface area contributed by atoms with Gasteiger partial charge in [0, 0.05) is 17.0 Å². The fraction of sp³-hybridized carbons (Fsp3) is 0.188. The average Bonchev–Trinajstić information content (AvgIpc) is 2.47. The van der Waals surface area contributed by atoms with Crippen molar-refractivity contribution in [3.8, 4) is 0 Å². The van der Waals surface area contributed by atoms with Crippen LogP contribution in [0.5, 0.6) is 0 Å². The Hall–Kier alpha value is -1.58. The number of hydrogen-bond donors (Lipinski definition) is 1. The first-order valence-corrected chi connectivity index (χ1v) is 7.55. The molecule has 0 aliphatic carbocycles. The van der Waals surface area contributed by atoms with Gasteiger partial charge in [-0.2, -0.15) is 0 Å². The molecule has 1 aromatic heterocycles. The SMILES string of the molecule is CSc1ccc(/C=C/c2cc[n+](CCN)cc2)cc1. The van der Waals surface area contributed by atoms with E-state index in [1.54, 1.807) is 11.8 Å². The van der Waals surface area contributed by atoms with Crippen molar-refractivity contribution >= 4 is 23.9 Å². The molecule has 19 heavy (non-hydrogen) atoms. The van der Waals surface area contributed by atoms with Crippen LogP contribution in [0.4, 0.5) is 0 Å².